The zero-order chi connectivity index (χ0) is 32.9. The van der Waals surface area contributed by atoms with Gasteiger partial charge in [0.15, 0.2) is 0 Å². The average molecular weight is 629 g/mol. The zero-order valence-electron chi connectivity index (χ0n) is 25.0. The molecule has 0 aromatic heterocycles. The highest BCUT2D eigenvalue weighted by Gasteiger charge is 2.34. The highest BCUT2D eigenvalue weighted by atomic mass is 19.4. The Kier molecular flexibility index (Phi) is 10.3. The number of amides is 3. The van der Waals surface area contributed by atoms with Crippen LogP contribution in [-0.2, 0) is 12.7 Å². The molecule has 240 valence electrons. The fraction of sp³-hybridized carbons (Fsp3) is 0.344. The summed E-state index contributed by atoms with van der Waals surface area (Å²) in [4.78, 5) is 41.1. The number of aliphatic hydroxyl groups is 1. The second kappa shape index (κ2) is 14.0. The zero-order valence-corrected chi connectivity index (χ0v) is 25.0. The second-order valence-electron chi connectivity index (χ2n) is 11.2. The number of nitrogens with one attached hydrogen (secondary N) is 2. The van der Waals surface area contributed by atoms with Crippen molar-refractivity contribution < 1.29 is 42.5 Å². The van der Waals surface area contributed by atoms with E-state index in [0.29, 0.717) is 18.8 Å². The van der Waals surface area contributed by atoms with Gasteiger partial charge in [-0.05, 0) is 74.1 Å². The molecule has 4 N–H and O–H groups in total. The summed E-state index contributed by atoms with van der Waals surface area (Å²) in [5.41, 5.74) is 0.836. The van der Waals surface area contributed by atoms with Crippen molar-refractivity contribution in [3.05, 3.63) is 89.0 Å². The van der Waals surface area contributed by atoms with Crippen molar-refractivity contribution in [2.45, 2.75) is 38.7 Å². The molecule has 13 heteroatoms. The summed E-state index contributed by atoms with van der Waals surface area (Å²) < 4.78 is 44.9. The molecule has 1 aliphatic heterocycles. The molecule has 3 aromatic rings. The van der Waals surface area contributed by atoms with E-state index >= 15 is 0 Å². The van der Waals surface area contributed by atoms with Crippen LogP contribution >= 0.6 is 0 Å². The third kappa shape index (κ3) is 8.52. The number of aromatic carboxylic acids is 1. The maximum Gasteiger partial charge on any atom is 0.416 e. The molecule has 1 aliphatic rings. The van der Waals surface area contributed by atoms with Gasteiger partial charge in [-0.15, -0.1) is 0 Å². The maximum absolute atomic E-state index is 13.7. The summed E-state index contributed by atoms with van der Waals surface area (Å²) in [6.45, 7) is 4.69. The number of likely N-dealkylation sites (N-methyl/N-ethyl adjacent to an activating group) is 1. The van der Waals surface area contributed by atoms with Crippen LogP contribution in [0.1, 0.15) is 45.7 Å². The number of hydrogen-bond acceptors (Lipinski definition) is 6. The molecular weight excluding hydrogens is 593 g/mol. The molecule has 0 saturated heterocycles. The Morgan fingerprint density at radius 2 is 1.67 bits per heavy atom. The van der Waals surface area contributed by atoms with Crippen LogP contribution < -0.4 is 15.4 Å². The second-order valence-corrected chi connectivity index (χ2v) is 11.2. The van der Waals surface area contributed by atoms with Crippen molar-refractivity contribution in [1.29, 1.82) is 0 Å². The van der Waals surface area contributed by atoms with Crippen LogP contribution in [0, 0.1) is 5.92 Å². The van der Waals surface area contributed by atoms with Crippen molar-refractivity contribution in [3.8, 4) is 5.75 Å². The molecule has 0 saturated carbocycles. The minimum absolute atomic E-state index is 0.139. The Morgan fingerprint density at radius 1 is 1.04 bits per heavy atom. The summed E-state index contributed by atoms with van der Waals surface area (Å²) in [5, 5.41) is 24.1. The maximum atomic E-state index is 13.7. The van der Waals surface area contributed by atoms with E-state index in [2.05, 4.69) is 10.6 Å². The molecular formula is C32H35F3N4O6. The summed E-state index contributed by atoms with van der Waals surface area (Å²) in [5.74, 6) is -1.24. The Hall–Kier alpha value is -4.62. The molecule has 0 bridgehead atoms. The molecule has 3 aromatic carbocycles. The number of carbonyl (C=O) groups is 3. The summed E-state index contributed by atoms with van der Waals surface area (Å²) in [7, 11) is 1.91. The van der Waals surface area contributed by atoms with Gasteiger partial charge < -0.3 is 30.5 Å². The Morgan fingerprint density at radius 3 is 2.27 bits per heavy atom. The number of carboxylic acids is 1. The lowest BCUT2D eigenvalue weighted by atomic mass is 9.99. The molecule has 0 spiro atoms. The number of alkyl halides is 3. The summed E-state index contributed by atoms with van der Waals surface area (Å²) in [6.07, 6.45) is -4.88. The number of rotatable bonds is 9. The van der Waals surface area contributed by atoms with Gasteiger partial charge >= 0.3 is 18.2 Å². The molecule has 0 radical (unpaired) electrons. The van der Waals surface area contributed by atoms with Gasteiger partial charge in [0, 0.05) is 36.9 Å². The fourth-order valence-electron chi connectivity index (χ4n) is 4.99. The van der Waals surface area contributed by atoms with Crippen LogP contribution in [-0.4, -0.2) is 76.8 Å². The lowest BCUT2D eigenvalue weighted by Gasteiger charge is -2.38. The monoisotopic (exact) mass is 628 g/mol. The van der Waals surface area contributed by atoms with Crippen molar-refractivity contribution in [2.75, 3.05) is 37.4 Å². The van der Waals surface area contributed by atoms with Gasteiger partial charge in [-0.2, -0.15) is 13.2 Å². The quantitative estimate of drug-likeness (QED) is 0.250. The third-order valence-electron chi connectivity index (χ3n) is 7.54. The summed E-state index contributed by atoms with van der Waals surface area (Å²) >= 11 is 0. The molecule has 0 unspecified atom stereocenters. The first kappa shape index (κ1) is 33.3. The molecule has 3 amide bonds. The smallest absolute Gasteiger partial charge is 0.416 e. The topological polar surface area (TPSA) is 131 Å². The lowest BCUT2D eigenvalue weighted by molar-refractivity contribution is -0.137. The third-order valence-corrected chi connectivity index (χ3v) is 7.54. The molecule has 4 rings (SSSR count). The van der Waals surface area contributed by atoms with Crippen molar-refractivity contribution in [3.63, 3.8) is 0 Å². The number of carboxylic acid groups (broad SMARTS) is 1. The molecule has 3 atom stereocenters. The van der Waals surface area contributed by atoms with E-state index in [1.165, 1.54) is 6.07 Å². The van der Waals surface area contributed by atoms with Crippen LogP contribution in [0.4, 0.5) is 29.3 Å². The number of fused-ring (bicyclic) bond motifs is 1. The van der Waals surface area contributed by atoms with E-state index in [1.54, 1.807) is 48.2 Å². The van der Waals surface area contributed by atoms with Crippen LogP contribution in [0.25, 0.3) is 0 Å². The van der Waals surface area contributed by atoms with E-state index in [1.807, 2.05) is 18.9 Å². The normalized spacial score (nSPS) is 17.5. The van der Waals surface area contributed by atoms with Gasteiger partial charge in [0.25, 0.3) is 5.91 Å². The van der Waals surface area contributed by atoms with Crippen LogP contribution in [0.5, 0.6) is 5.75 Å². The van der Waals surface area contributed by atoms with Crippen LogP contribution in [0.3, 0.4) is 0 Å². The van der Waals surface area contributed by atoms with E-state index in [0.717, 1.165) is 29.8 Å². The van der Waals surface area contributed by atoms with Gasteiger partial charge in [-0.1, -0.05) is 19.1 Å². The Balaban J connectivity index is 1.52. The van der Waals surface area contributed by atoms with Gasteiger partial charge in [-0.25, -0.2) is 9.59 Å². The Labute approximate surface area is 258 Å². The van der Waals surface area contributed by atoms with E-state index in [9.17, 15) is 32.7 Å². The van der Waals surface area contributed by atoms with E-state index in [-0.39, 0.29) is 47.7 Å². The number of benzene rings is 3. The molecule has 1 heterocycles. The number of aliphatic hydroxyl groups excluding tert-OH is 1. The predicted octanol–water partition coefficient (Wildman–Crippen LogP) is 5.40. The minimum Gasteiger partial charge on any atom is -0.488 e. The number of ether oxygens (including phenoxy) is 1. The molecule has 0 aliphatic carbocycles. The largest absolute Gasteiger partial charge is 0.488 e. The molecule has 10 nitrogen and oxygen atoms in total. The van der Waals surface area contributed by atoms with Gasteiger partial charge in [0.1, 0.15) is 11.9 Å². The number of hydrogen-bond donors (Lipinski definition) is 4. The van der Waals surface area contributed by atoms with Crippen LogP contribution in [0.2, 0.25) is 0 Å². The molecule has 0 fully saturated rings. The standard InChI is InChI=1S/C32H35F3N4O6/c1-19-15-39(20(2)18-40)29(41)26-14-25(37-31(44)36-24-10-8-23(9-11-24)32(33,34)35)12-13-27(26)45-28(19)17-38(3)16-21-4-6-22(7-5-21)30(42)43/h4-14,19-20,28,40H,15-18H2,1-3H3,(H,42,43)(H2,36,37,44)/t19-,20-,28+/m1/s1. The summed E-state index contributed by atoms with van der Waals surface area (Å²) in [6, 6.07) is 13.9. The Bertz CT molecular complexity index is 1510. The number of urea groups is 1. The van der Waals surface area contributed by atoms with E-state index in [4.69, 9.17) is 9.84 Å². The van der Waals surface area contributed by atoms with Gasteiger partial charge in [0.2, 0.25) is 0 Å². The predicted molar refractivity (Wildman–Crippen MR) is 161 cm³/mol. The first-order chi connectivity index (χ1) is 21.2. The highest BCUT2D eigenvalue weighted by molar-refractivity contribution is 6.02. The van der Waals surface area contributed by atoms with Crippen LogP contribution in [0.15, 0.2) is 66.7 Å². The number of anilines is 2. The lowest BCUT2D eigenvalue weighted by Crippen LogP contribution is -2.49. The van der Waals surface area contributed by atoms with Gasteiger partial charge in [-0.3, -0.25) is 9.69 Å². The highest BCUT2D eigenvalue weighted by Crippen LogP contribution is 2.32. The number of carbonyl (C=O) groups excluding carboxylic acids is 2. The van der Waals surface area contributed by atoms with Crippen molar-refractivity contribution in [2.24, 2.45) is 5.92 Å². The SMILES string of the molecule is C[C@@H]1CN([C@H](C)CO)C(=O)c2cc(NC(=O)Nc3ccc(C(F)(F)F)cc3)ccc2O[C@H]1CN(C)Cc1ccc(C(=O)O)cc1. The molecule has 45 heavy (non-hydrogen) atoms. The first-order valence-corrected chi connectivity index (χ1v) is 14.2. The minimum atomic E-state index is -4.50. The van der Waals surface area contributed by atoms with E-state index < -0.39 is 35.7 Å². The average Bonchev–Trinajstić information content (AvgIpc) is 2.98. The first-order valence-electron chi connectivity index (χ1n) is 14.2. The van der Waals surface area contributed by atoms with Gasteiger partial charge in [0.05, 0.1) is 29.3 Å². The number of nitrogens with zero attached hydrogens (tertiary/aromatic N) is 2. The van der Waals surface area contributed by atoms with Crippen molar-refractivity contribution >= 4 is 29.3 Å². The van der Waals surface area contributed by atoms with Crippen molar-refractivity contribution in [1.82, 2.24) is 9.80 Å². The number of halogens is 3. The fourth-order valence-corrected chi connectivity index (χ4v) is 4.99.